The van der Waals surface area contributed by atoms with Crippen LogP contribution in [0, 0.1) is 0 Å². The molecule has 0 atom stereocenters. The Balaban J connectivity index is 0.000000810. The van der Waals surface area contributed by atoms with Crippen LogP contribution in [0.1, 0.15) is 13.8 Å². The second kappa shape index (κ2) is 2.90. The third-order valence-electron chi connectivity index (χ3n) is 1.22. The molecule has 1 heterocycles. The first-order chi connectivity index (χ1) is 4.02. The monoisotopic (exact) mass is 151 g/mol. The molecular weight excluding hydrogens is 143 g/mol. The molecular formula is C5H8N2NaO2. The summed E-state index contributed by atoms with van der Waals surface area (Å²) in [5.74, 6) is -0.271. The van der Waals surface area contributed by atoms with Gasteiger partial charge in [0.1, 0.15) is 5.54 Å². The summed E-state index contributed by atoms with van der Waals surface area (Å²) in [6.07, 6.45) is 0. The van der Waals surface area contributed by atoms with Gasteiger partial charge in [0.2, 0.25) is 0 Å². The van der Waals surface area contributed by atoms with E-state index in [1.165, 1.54) is 0 Å². The molecule has 1 rings (SSSR count). The topological polar surface area (TPSA) is 58.2 Å². The summed E-state index contributed by atoms with van der Waals surface area (Å²) >= 11 is 0. The van der Waals surface area contributed by atoms with Gasteiger partial charge in [-0.2, -0.15) is 0 Å². The van der Waals surface area contributed by atoms with E-state index in [2.05, 4.69) is 10.6 Å². The zero-order valence-corrected chi connectivity index (χ0v) is 8.32. The quantitative estimate of drug-likeness (QED) is 0.352. The van der Waals surface area contributed by atoms with Crippen molar-refractivity contribution in [2.75, 3.05) is 0 Å². The number of hydrogen-bond acceptors (Lipinski definition) is 2. The van der Waals surface area contributed by atoms with E-state index in [0.717, 1.165) is 0 Å². The number of amides is 3. The summed E-state index contributed by atoms with van der Waals surface area (Å²) in [7, 11) is 0. The number of hydrogen-bond donors (Lipinski definition) is 2. The van der Waals surface area contributed by atoms with Gasteiger partial charge in [-0.15, -0.1) is 0 Å². The first kappa shape index (κ1) is 9.94. The van der Waals surface area contributed by atoms with E-state index in [9.17, 15) is 9.59 Å². The molecule has 1 radical (unpaired) electrons. The minimum Gasteiger partial charge on any atom is -0.324 e. The molecule has 5 heteroatoms. The number of nitrogens with one attached hydrogen (secondary N) is 2. The zero-order valence-electron chi connectivity index (χ0n) is 6.32. The Labute approximate surface area is 81.0 Å². The van der Waals surface area contributed by atoms with Gasteiger partial charge in [0.25, 0.3) is 5.91 Å². The van der Waals surface area contributed by atoms with Crippen LogP contribution in [-0.2, 0) is 4.79 Å². The molecule has 51 valence electrons. The summed E-state index contributed by atoms with van der Waals surface area (Å²) in [5.41, 5.74) is -0.725. The molecule has 1 aliphatic rings. The average Bonchev–Trinajstić information content (AvgIpc) is 1.79. The number of carbonyl (C=O) groups excluding carboxylic acids is 2. The second-order valence-corrected chi connectivity index (χ2v) is 2.53. The molecule has 0 bridgehead atoms. The fraction of sp³-hybridized carbons (Fsp3) is 0.600. The van der Waals surface area contributed by atoms with Gasteiger partial charge in [0, 0.05) is 29.6 Å². The van der Waals surface area contributed by atoms with E-state index >= 15 is 0 Å². The molecule has 0 aliphatic carbocycles. The first-order valence-corrected chi connectivity index (χ1v) is 2.66. The van der Waals surface area contributed by atoms with Crippen molar-refractivity contribution in [1.29, 1.82) is 0 Å². The van der Waals surface area contributed by atoms with Gasteiger partial charge in [-0.05, 0) is 13.8 Å². The zero-order chi connectivity index (χ0) is 7.07. The predicted molar refractivity (Wildman–Crippen MR) is 36.5 cm³/mol. The van der Waals surface area contributed by atoms with E-state index in [-0.39, 0.29) is 35.5 Å². The maximum atomic E-state index is 10.7. The Morgan fingerprint density at radius 1 is 1.30 bits per heavy atom. The molecule has 10 heavy (non-hydrogen) atoms. The Hall–Kier alpha value is -0.0600. The minimum absolute atomic E-state index is 0. The van der Waals surface area contributed by atoms with Crippen LogP contribution >= 0.6 is 0 Å². The van der Waals surface area contributed by atoms with Crippen molar-refractivity contribution in [2.24, 2.45) is 0 Å². The van der Waals surface area contributed by atoms with Gasteiger partial charge >= 0.3 is 6.03 Å². The summed E-state index contributed by atoms with van der Waals surface area (Å²) < 4.78 is 0. The third-order valence-corrected chi connectivity index (χ3v) is 1.22. The fourth-order valence-electron chi connectivity index (χ4n) is 0.631. The predicted octanol–water partition coefficient (Wildman–Crippen LogP) is -0.776. The summed E-state index contributed by atoms with van der Waals surface area (Å²) in [6.45, 7) is 3.29. The van der Waals surface area contributed by atoms with Crippen LogP contribution in [0.3, 0.4) is 0 Å². The van der Waals surface area contributed by atoms with Crippen LogP contribution < -0.4 is 10.6 Å². The van der Waals surface area contributed by atoms with Gasteiger partial charge in [0.15, 0.2) is 0 Å². The Bertz CT molecular complexity index is 178. The van der Waals surface area contributed by atoms with E-state index < -0.39 is 11.6 Å². The molecule has 0 spiro atoms. The van der Waals surface area contributed by atoms with Crippen molar-refractivity contribution in [3.8, 4) is 0 Å². The number of rotatable bonds is 0. The van der Waals surface area contributed by atoms with Gasteiger partial charge in [-0.3, -0.25) is 10.1 Å². The maximum absolute atomic E-state index is 10.7. The van der Waals surface area contributed by atoms with Gasteiger partial charge in [-0.25, -0.2) is 4.79 Å². The normalized spacial score (nSPS) is 21.0. The summed E-state index contributed by atoms with van der Waals surface area (Å²) in [6, 6.07) is -0.412. The molecule has 0 aromatic heterocycles. The van der Waals surface area contributed by atoms with Gasteiger partial charge in [-0.1, -0.05) is 0 Å². The van der Waals surface area contributed by atoms with Crippen LogP contribution in [0.2, 0.25) is 0 Å². The largest absolute Gasteiger partial charge is 0.324 e. The smallest absolute Gasteiger partial charge is 0.322 e. The van der Waals surface area contributed by atoms with Crippen LogP contribution in [0.4, 0.5) is 4.79 Å². The fourth-order valence-corrected chi connectivity index (χ4v) is 0.631. The maximum Gasteiger partial charge on any atom is 0.322 e. The molecule has 4 nitrogen and oxygen atoms in total. The molecule has 1 fully saturated rings. The van der Waals surface area contributed by atoms with Crippen molar-refractivity contribution >= 4 is 41.5 Å². The van der Waals surface area contributed by atoms with Crippen LogP contribution in [0.15, 0.2) is 0 Å². The van der Waals surface area contributed by atoms with Crippen LogP contribution in [0.25, 0.3) is 0 Å². The average molecular weight is 151 g/mol. The number of carbonyl (C=O) groups is 2. The third kappa shape index (κ3) is 1.71. The number of urea groups is 1. The molecule has 1 aliphatic heterocycles. The summed E-state index contributed by atoms with van der Waals surface area (Å²) in [5, 5.41) is 4.56. The SMILES string of the molecule is CC1(C)NC(=O)NC1=O.[Na]. The van der Waals surface area contributed by atoms with E-state index in [0.29, 0.717) is 0 Å². The standard InChI is InChI=1S/C5H8N2O2.Na/c1-5(2)3(8)6-4(9)7-5;/h1-2H3,(H2,6,7,8,9);. The first-order valence-electron chi connectivity index (χ1n) is 2.66. The molecule has 0 aromatic rings. The molecule has 2 N–H and O–H groups in total. The Kier molecular flexibility index (Phi) is 2.88. The molecule has 0 unspecified atom stereocenters. The Morgan fingerprint density at radius 2 is 1.80 bits per heavy atom. The molecule has 0 aromatic carbocycles. The minimum atomic E-state index is -0.725. The summed E-state index contributed by atoms with van der Waals surface area (Å²) in [4.78, 5) is 21.1. The van der Waals surface area contributed by atoms with Crippen molar-refractivity contribution in [2.45, 2.75) is 19.4 Å². The Morgan fingerprint density at radius 3 is 1.90 bits per heavy atom. The van der Waals surface area contributed by atoms with Crippen molar-refractivity contribution < 1.29 is 9.59 Å². The van der Waals surface area contributed by atoms with Crippen LogP contribution in [-0.4, -0.2) is 47.0 Å². The molecule has 1 saturated heterocycles. The van der Waals surface area contributed by atoms with Crippen molar-refractivity contribution in [3.63, 3.8) is 0 Å². The van der Waals surface area contributed by atoms with Crippen molar-refractivity contribution in [3.05, 3.63) is 0 Å². The second-order valence-electron chi connectivity index (χ2n) is 2.53. The molecule has 3 amide bonds. The van der Waals surface area contributed by atoms with Gasteiger partial charge < -0.3 is 5.32 Å². The van der Waals surface area contributed by atoms with Gasteiger partial charge in [0.05, 0.1) is 0 Å². The van der Waals surface area contributed by atoms with E-state index in [4.69, 9.17) is 0 Å². The molecule has 0 saturated carbocycles. The van der Waals surface area contributed by atoms with Crippen molar-refractivity contribution in [1.82, 2.24) is 10.6 Å². The van der Waals surface area contributed by atoms with E-state index in [1.807, 2.05) is 0 Å². The van der Waals surface area contributed by atoms with E-state index in [1.54, 1.807) is 13.8 Å². The van der Waals surface area contributed by atoms with Crippen LogP contribution in [0.5, 0.6) is 0 Å². The number of imide groups is 1.